The standard InChI is InChI=1S/C13H15BrN4/c1-3-12-4-9(2)17-13(18-12)16-7-10-5-11(14)8-15-6-10/h4-6,8H,3,7H2,1-2H3,(H,16,17,18). The van der Waals surface area contributed by atoms with Crippen molar-refractivity contribution in [2.24, 2.45) is 0 Å². The molecule has 2 aromatic rings. The molecule has 0 saturated carbocycles. The summed E-state index contributed by atoms with van der Waals surface area (Å²) in [5.74, 6) is 0.673. The van der Waals surface area contributed by atoms with Crippen LogP contribution in [-0.2, 0) is 13.0 Å². The molecule has 0 unspecified atom stereocenters. The molecule has 0 aliphatic carbocycles. The molecule has 94 valence electrons. The van der Waals surface area contributed by atoms with Gasteiger partial charge in [0.1, 0.15) is 0 Å². The predicted octanol–water partition coefficient (Wildman–Crippen LogP) is 3.12. The number of hydrogen-bond acceptors (Lipinski definition) is 4. The Morgan fingerprint density at radius 2 is 2.06 bits per heavy atom. The molecule has 0 fully saturated rings. The van der Waals surface area contributed by atoms with Crippen molar-refractivity contribution < 1.29 is 0 Å². The summed E-state index contributed by atoms with van der Waals surface area (Å²) in [6, 6.07) is 4.03. The van der Waals surface area contributed by atoms with E-state index in [0.717, 1.165) is 27.8 Å². The van der Waals surface area contributed by atoms with E-state index in [0.29, 0.717) is 12.5 Å². The van der Waals surface area contributed by atoms with E-state index in [-0.39, 0.29) is 0 Å². The first-order valence-corrected chi connectivity index (χ1v) is 6.64. The lowest BCUT2D eigenvalue weighted by atomic mass is 10.3. The second kappa shape index (κ2) is 5.91. The summed E-state index contributed by atoms with van der Waals surface area (Å²) < 4.78 is 0.973. The molecule has 0 saturated heterocycles. The first-order chi connectivity index (χ1) is 8.67. The van der Waals surface area contributed by atoms with Crippen LogP contribution in [0.15, 0.2) is 29.0 Å². The number of rotatable bonds is 4. The smallest absolute Gasteiger partial charge is 0.223 e. The molecule has 2 aromatic heterocycles. The highest BCUT2D eigenvalue weighted by molar-refractivity contribution is 9.10. The maximum absolute atomic E-state index is 4.44. The normalized spacial score (nSPS) is 10.4. The van der Waals surface area contributed by atoms with E-state index >= 15 is 0 Å². The average molecular weight is 307 g/mol. The molecule has 4 nitrogen and oxygen atoms in total. The zero-order valence-corrected chi connectivity index (χ0v) is 12.0. The van der Waals surface area contributed by atoms with Gasteiger partial charge in [0.05, 0.1) is 0 Å². The first kappa shape index (κ1) is 13.0. The molecule has 0 atom stereocenters. The highest BCUT2D eigenvalue weighted by Crippen LogP contribution is 2.11. The number of hydrogen-bond donors (Lipinski definition) is 1. The molecular formula is C13H15BrN4. The average Bonchev–Trinajstić information content (AvgIpc) is 2.36. The van der Waals surface area contributed by atoms with E-state index in [9.17, 15) is 0 Å². The van der Waals surface area contributed by atoms with Crippen LogP contribution in [0.1, 0.15) is 23.9 Å². The molecule has 0 aliphatic heterocycles. The lowest BCUT2D eigenvalue weighted by molar-refractivity contribution is 0.953. The van der Waals surface area contributed by atoms with Crippen LogP contribution in [0.4, 0.5) is 5.95 Å². The summed E-state index contributed by atoms with van der Waals surface area (Å²) in [4.78, 5) is 12.9. The van der Waals surface area contributed by atoms with Crippen LogP contribution in [0.2, 0.25) is 0 Å². The molecule has 0 aromatic carbocycles. The van der Waals surface area contributed by atoms with E-state index in [1.165, 1.54) is 0 Å². The molecule has 0 bridgehead atoms. The second-order valence-electron chi connectivity index (χ2n) is 4.04. The molecule has 2 rings (SSSR count). The van der Waals surface area contributed by atoms with Gasteiger partial charge in [0.15, 0.2) is 0 Å². The van der Waals surface area contributed by atoms with E-state index in [1.807, 2.05) is 25.3 Å². The Kier molecular flexibility index (Phi) is 4.25. The minimum atomic E-state index is 0.666. The molecule has 0 aliphatic rings. The zero-order valence-electron chi connectivity index (χ0n) is 10.4. The topological polar surface area (TPSA) is 50.7 Å². The van der Waals surface area contributed by atoms with E-state index < -0.39 is 0 Å². The van der Waals surface area contributed by atoms with Crippen molar-refractivity contribution in [3.05, 3.63) is 46.0 Å². The predicted molar refractivity (Wildman–Crippen MR) is 75.4 cm³/mol. The molecular weight excluding hydrogens is 292 g/mol. The van der Waals surface area contributed by atoms with Gasteiger partial charge in [0.2, 0.25) is 5.95 Å². The number of aromatic nitrogens is 3. The minimum Gasteiger partial charge on any atom is -0.350 e. The lowest BCUT2D eigenvalue weighted by Crippen LogP contribution is -2.06. The number of aryl methyl sites for hydroxylation is 2. The van der Waals surface area contributed by atoms with Gasteiger partial charge in [0.25, 0.3) is 0 Å². The number of nitrogens with one attached hydrogen (secondary N) is 1. The molecule has 1 N–H and O–H groups in total. The van der Waals surface area contributed by atoms with Gasteiger partial charge < -0.3 is 5.32 Å². The Morgan fingerprint density at radius 3 is 2.78 bits per heavy atom. The van der Waals surface area contributed by atoms with Crippen molar-refractivity contribution in [2.45, 2.75) is 26.8 Å². The van der Waals surface area contributed by atoms with Gasteiger partial charge in [-0.1, -0.05) is 6.92 Å². The van der Waals surface area contributed by atoms with Crippen LogP contribution in [-0.4, -0.2) is 15.0 Å². The van der Waals surface area contributed by atoms with Crippen LogP contribution in [0.25, 0.3) is 0 Å². The van der Waals surface area contributed by atoms with E-state index in [4.69, 9.17) is 0 Å². The Labute approximate surface area is 115 Å². The Bertz CT molecular complexity index is 542. The van der Waals surface area contributed by atoms with Crippen molar-refractivity contribution in [2.75, 3.05) is 5.32 Å². The second-order valence-corrected chi connectivity index (χ2v) is 4.96. The Hall–Kier alpha value is -1.49. The van der Waals surface area contributed by atoms with Crippen molar-refractivity contribution >= 4 is 21.9 Å². The molecule has 18 heavy (non-hydrogen) atoms. The summed E-state index contributed by atoms with van der Waals surface area (Å²) in [6.07, 6.45) is 4.51. The van der Waals surface area contributed by atoms with Crippen molar-refractivity contribution in [3.8, 4) is 0 Å². The van der Waals surface area contributed by atoms with Crippen LogP contribution in [0.5, 0.6) is 0 Å². The number of nitrogens with zero attached hydrogens (tertiary/aromatic N) is 3. The van der Waals surface area contributed by atoms with Gasteiger partial charge in [-0.2, -0.15) is 0 Å². The van der Waals surface area contributed by atoms with E-state index in [1.54, 1.807) is 6.20 Å². The SMILES string of the molecule is CCc1cc(C)nc(NCc2cncc(Br)c2)n1. The molecule has 0 radical (unpaired) electrons. The number of anilines is 1. The molecule has 0 spiro atoms. The van der Waals surface area contributed by atoms with Gasteiger partial charge >= 0.3 is 0 Å². The summed E-state index contributed by atoms with van der Waals surface area (Å²) in [7, 11) is 0. The van der Waals surface area contributed by atoms with Gasteiger partial charge in [0, 0.05) is 34.8 Å². The third-order valence-corrected chi connectivity index (χ3v) is 2.92. The first-order valence-electron chi connectivity index (χ1n) is 5.85. The largest absolute Gasteiger partial charge is 0.350 e. The highest BCUT2D eigenvalue weighted by atomic mass is 79.9. The van der Waals surface area contributed by atoms with Crippen molar-refractivity contribution in [3.63, 3.8) is 0 Å². The Morgan fingerprint density at radius 1 is 1.22 bits per heavy atom. The van der Waals surface area contributed by atoms with Gasteiger partial charge in [-0.05, 0) is 47.0 Å². The zero-order chi connectivity index (χ0) is 13.0. The molecule has 5 heteroatoms. The minimum absolute atomic E-state index is 0.666. The fraction of sp³-hybridized carbons (Fsp3) is 0.308. The van der Waals surface area contributed by atoms with Crippen molar-refractivity contribution in [1.82, 2.24) is 15.0 Å². The molecule has 2 heterocycles. The summed E-state index contributed by atoms with van der Waals surface area (Å²) in [6.45, 7) is 4.73. The van der Waals surface area contributed by atoms with Crippen LogP contribution >= 0.6 is 15.9 Å². The fourth-order valence-electron chi connectivity index (χ4n) is 1.63. The van der Waals surface area contributed by atoms with Crippen LogP contribution < -0.4 is 5.32 Å². The number of pyridine rings is 1. The summed E-state index contributed by atoms with van der Waals surface area (Å²) in [5.41, 5.74) is 3.13. The quantitative estimate of drug-likeness (QED) is 0.943. The van der Waals surface area contributed by atoms with Gasteiger partial charge in [-0.25, -0.2) is 9.97 Å². The monoisotopic (exact) mass is 306 g/mol. The Balaban J connectivity index is 2.08. The maximum Gasteiger partial charge on any atom is 0.223 e. The van der Waals surface area contributed by atoms with Gasteiger partial charge in [-0.15, -0.1) is 0 Å². The molecule has 0 amide bonds. The third-order valence-electron chi connectivity index (χ3n) is 2.48. The van der Waals surface area contributed by atoms with Gasteiger partial charge in [-0.3, -0.25) is 4.98 Å². The summed E-state index contributed by atoms with van der Waals surface area (Å²) in [5, 5.41) is 3.22. The highest BCUT2D eigenvalue weighted by Gasteiger charge is 2.01. The van der Waals surface area contributed by atoms with Crippen LogP contribution in [0.3, 0.4) is 0 Å². The van der Waals surface area contributed by atoms with Crippen molar-refractivity contribution in [1.29, 1.82) is 0 Å². The number of halogens is 1. The van der Waals surface area contributed by atoms with E-state index in [2.05, 4.69) is 43.1 Å². The fourth-order valence-corrected chi connectivity index (χ4v) is 2.04. The summed E-state index contributed by atoms with van der Waals surface area (Å²) >= 11 is 3.40. The lowest BCUT2D eigenvalue weighted by Gasteiger charge is -2.07. The van der Waals surface area contributed by atoms with Crippen LogP contribution in [0, 0.1) is 6.92 Å². The maximum atomic E-state index is 4.44. The third kappa shape index (κ3) is 3.50.